The van der Waals surface area contributed by atoms with Crippen LogP contribution in [0.2, 0.25) is 0 Å². The lowest BCUT2D eigenvalue weighted by Gasteiger charge is -2.45. The number of benzene rings is 17. The molecule has 4 nitrogen and oxygen atoms in total. The summed E-state index contributed by atoms with van der Waals surface area (Å²) in [6, 6.07) is 163. The van der Waals surface area contributed by atoms with Gasteiger partial charge in [0.25, 0.3) is 6.71 Å². The fourth-order valence-corrected chi connectivity index (χ4v) is 28.3. The van der Waals surface area contributed by atoms with Crippen molar-refractivity contribution in [3.05, 3.63) is 431 Å². The molecule has 17 aromatic carbocycles. The first-order chi connectivity index (χ1) is 54.1. The zero-order chi connectivity index (χ0) is 72.0. The van der Waals surface area contributed by atoms with Gasteiger partial charge < -0.3 is 18.9 Å². The van der Waals surface area contributed by atoms with E-state index in [1.807, 2.05) is 0 Å². The van der Waals surface area contributed by atoms with Crippen molar-refractivity contribution in [3.63, 3.8) is 0 Å². The third-order valence-corrected chi connectivity index (χ3v) is 32.9. The van der Waals surface area contributed by atoms with Gasteiger partial charge in [0, 0.05) is 61.4 Å². The molecule has 0 atom stereocenters. The minimum absolute atomic E-state index is 0.227. The lowest BCUT2D eigenvalue weighted by Crippen LogP contribution is -2.74. The van der Waals surface area contributed by atoms with E-state index >= 15 is 0 Å². The molecule has 0 saturated heterocycles. The molecule has 19 aromatic rings. The molecule has 2 aromatic heterocycles. The Bertz CT molecular complexity index is 6370. The Labute approximate surface area is 637 Å². The Morgan fingerprint density at radius 1 is 0.183 bits per heavy atom. The molecule has 0 unspecified atom stereocenters. The number of anilines is 6. The predicted octanol–water partition coefficient (Wildman–Crippen LogP) is 18.1. The highest BCUT2D eigenvalue weighted by molar-refractivity contribution is 7.20. The smallest absolute Gasteiger partial charge is 0.252 e. The number of nitrogens with zero attached hydrogens (tertiary/aromatic N) is 4. The Balaban J connectivity index is 0.880. The third-order valence-electron chi connectivity index (χ3n) is 23.4. The minimum Gasteiger partial charge on any atom is -0.311 e. The van der Waals surface area contributed by atoms with E-state index in [2.05, 4.69) is 450 Å². The molecule has 2 aliphatic heterocycles. The van der Waals surface area contributed by atoms with E-state index in [0.717, 1.165) is 73.2 Å². The molecule has 0 N–H and O–H groups in total. The quantitative estimate of drug-likeness (QED) is 0.0797. The summed E-state index contributed by atoms with van der Waals surface area (Å²) in [5.41, 5.74) is 21.8. The van der Waals surface area contributed by atoms with Crippen LogP contribution in [0.4, 0.5) is 34.1 Å². The summed E-state index contributed by atoms with van der Waals surface area (Å²) in [6.45, 7) is -0.227. The van der Waals surface area contributed by atoms with Crippen molar-refractivity contribution in [1.82, 2.24) is 9.13 Å². The standard InChI is InChI=1S/C102H71BN4Si2/c1-8-32-72(33-9-1)73-58-61-76(62-59-73)104-99-69-78(105-94-54-26-22-50-88(94)89-51-23-27-55-95(89)105)63-65-93(99)103-92-64-60-75(74-34-30-48-86(66-74)108(80-36-10-2-11-37-80,81-38-12-3-13-39-81)82-40-14-4-15-41-82)67-98(92)106(101-71-79(70-100(104)102(101)103)107-96-56-28-24-52-90(96)91-53-25-29-57-97(91)107)77-35-31-49-87(68-77)109(83-42-16-5-17-43-83,84-44-18-6-19-45-84)85-46-20-7-21-47-85/h1-71H. The number of para-hydroxylation sites is 4. The van der Waals surface area contributed by atoms with Crippen LogP contribution in [-0.2, 0) is 0 Å². The van der Waals surface area contributed by atoms with Crippen molar-refractivity contribution >= 4 is 158 Å². The molecule has 109 heavy (non-hydrogen) atoms. The largest absolute Gasteiger partial charge is 0.311 e. The Kier molecular flexibility index (Phi) is 15.3. The van der Waals surface area contributed by atoms with Crippen LogP contribution in [-0.4, -0.2) is 32.0 Å². The molecule has 0 aliphatic carbocycles. The minimum atomic E-state index is -3.12. The lowest BCUT2D eigenvalue weighted by molar-refractivity contribution is 1.15. The van der Waals surface area contributed by atoms with Crippen LogP contribution in [0.15, 0.2) is 431 Å². The third kappa shape index (κ3) is 10.1. The highest BCUT2D eigenvalue weighted by Crippen LogP contribution is 2.48. The van der Waals surface area contributed by atoms with Crippen LogP contribution in [0.5, 0.6) is 0 Å². The van der Waals surface area contributed by atoms with Crippen LogP contribution < -0.4 is 67.7 Å². The Morgan fingerprint density at radius 3 is 0.936 bits per heavy atom. The molecule has 0 radical (unpaired) electrons. The first kappa shape index (κ1) is 63.9. The van der Waals surface area contributed by atoms with Gasteiger partial charge in [-0.1, -0.05) is 352 Å². The predicted molar refractivity (Wildman–Crippen MR) is 467 cm³/mol. The molecule has 4 heterocycles. The maximum Gasteiger partial charge on any atom is 0.252 e. The van der Waals surface area contributed by atoms with E-state index in [0.29, 0.717) is 0 Å². The van der Waals surface area contributed by atoms with E-state index in [1.54, 1.807) is 0 Å². The van der Waals surface area contributed by atoms with Gasteiger partial charge in [-0.15, -0.1) is 0 Å². The van der Waals surface area contributed by atoms with E-state index in [9.17, 15) is 0 Å². The van der Waals surface area contributed by atoms with Gasteiger partial charge in [0.1, 0.15) is 0 Å². The highest BCUT2D eigenvalue weighted by atomic mass is 28.3. The summed E-state index contributed by atoms with van der Waals surface area (Å²) in [6.07, 6.45) is 0. The summed E-state index contributed by atoms with van der Waals surface area (Å²) in [7, 11) is -6.09. The van der Waals surface area contributed by atoms with Crippen LogP contribution in [0.25, 0.3) is 77.2 Å². The van der Waals surface area contributed by atoms with Crippen LogP contribution >= 0.6 is 0 Å². The topological polar surface area (TPSA) is 16.3 Å². The van der Waals surface area contributed by atoms with Crippen molar-refractivity contribution in [3.8, 4) is 33.6 Å². The molecule has 0 spiro atoms. The van der Waals surface area contributed by atoms with Gasteiger partial charge in [-0.3, -0.25) is 0 Å². The van der Waals surface area contributed by atoms with Gasteiger partial charge in [-0.05, 0) is 159 Å². The maximum absolute atomic E-state index is 3.12. The van der Waals surface area contributed by atoms with Gasteiger partial charge in [0.15, 0.2) is 16.1 Å². The monoisotopic (exact) mass is 1420 g/mol. The van der Waals surface area contributed by atoms with Crippen molar-refractivity contribution in [2.75, 3.05) is 9.80 Å². The molecule has 2 aliphatic rings. The molecule has 0 bridgehead atoms. The van der Waals surface area contributed by atoms with Crippen molar-refractivity contribution < 1.29 is 0 Å². The van der Waals surface area contributed by atoms with Gasteiger partial charge >= 0.3 is 0 Å². The van der Waals surface area contributed by atoms with Crippen LogP contribution in [0.1, 0.15) is 0 Å². The van der Waals surface area contributed by atoms with Crippen molar-refractivity contribution in [2.45, 2.75) is 0 Å². The van der Waals surface area contributed by atoms with Crippen molar-refractivity contribution in [1.29, 1.82) is 0 Å². The summed E-state index contributed by atoms with van der Waals surface area (Å²) < 4.78 is 5.01. The Hall–Kier alpha value is -13.6. The number of hydrogen-bond donors (Lipinski definition) is 0. The first-order valence-electron chi connectivity index (χ1n) is 37.8. The normalized spacial score (nSPS) is 12.5. The molecule has 510 valence electrons. The number of aromatic nitrogens is 2. The van der Waals surface area contributed by atoms with Gasteiger partial charge in [-0.2, -0.15) is 0 Å². The summed E-state index contributed by atoms with van der Waals surface area (Å²) in [5.74, 6) is 0. The maximum atomic E-state index is 2.67. The second-order valence-electron chi connectivity index (χ2n) is 29.0. The molecule has 21 rings (SSSR count). The molecule has 7 heteroatoms. The highest BCUT2D eigenvalue weighted by Gasteiger charge is 2.47. The lowest BCUT2D eigenvalue weighted by atomic mass is 9.33. The number of rotatable bonds is 14. The molecular weight excluding hydrogens is 1350 g/mol. The van der Waals surface area contributed by atoms with Gasteiger partial charge in [0.05, 0.1) is 27.8 Å². The van der Waals surface area contributed by atoms with Gasteiger partial charge in [-0.25, -0.2) is 0 Å². The zero-order valence-corrected chi connectivity index (χ0v) is 61.9. The first-order valence-corrected chi connectivity index (χ1v) is 41.8. The van der Waals surface area contributed by atoms with Crippen LogP contribution in [0.3, 0.4) is 0 Å². The second-order valence-corrected chi connectivity index (χ2v) is 36.6. The number of hydrogen-bond acceptors (Lipinski definition) is 2. The molecule has 0 amide bonds. The fraction of sp³-hybridized carbons (Fsp3) is 0. The summed E-state index contributed by atoms with van der Waals surface area (Å²) >= 11 is 0. The number of fused-ring (bicyclic) bond motifs is 10. The van der Waals surface area contributed by atoms with Crippen LogP contribution in [0, 0.1) is 0 Å². The summed E-state index contributed by atoms with van der Waals surface area (Å²) in [5, 5.41) is 15.5. The van der Waals surface area contributed by atoms with E-state index in [-0.39, 0.29) is 6.71 Å². The molecule has 0 fully saturated rings. The SMILES string of the molecule is c1ccc(-c2ccc(N3c4cc(-n5c6ccccc6c6ccccc65)ccc4B4c5ccc(-c6cccc([Si](c7ccccc7)(c7ccccc7)c7ccccc7)c6)cc5N(c5cccc([Si](c6ccccc6)(c6ccccc6)c6ccccc6)c5)c5cc(-n6c7ccccc7c7ccccc76)cc3c54)cc2)cc1. The van der Waals surface area contributed by atoms with E-state index in [1.165, 1.54) is 96.0 Å². The van der Waals surface area contributed by atoms with E-state index < -0.39 is 16.1 Å². The Morgan fingerprint density at radius 2 is 0.486 bits per heavy atom. The average Bonchev–Trinajstić information content (AvgIpc) is 1.37. The summed E-state index contributed by atoms with van der Waals surface area (Å²) in [4.78, 5) is 5.28. The molecular formula is C102H71BN4Si2. The molecule has 0 saturated carbocycles. The second kappa shape index (κ2) is 26.2. The fourth-order valence-electron chi connectivity index (χ4n) is 18.7. The van der Waals surface area contributed by atoms with Gasteiger partial charge in [0.2, 0.25) is 0 Å². The van der Waals surface area contributed by atoms with Crippen molar-refractivity contribution in [2.24, 2.45) is 0 Å². The zero-order valence-electron chi connectivity index (χ0n) is 59.9. The average molecular weight is 1420 g/mol. The van der Waals surface area contributed by atoms with E-state index in [4.69, 9.17) is 0 Å².